The number of hydrogen-bond acceptors (Lipinski definition) is 0. The van der Waals surface area contributed by atoms with Gasteiger partial charge in [0.05, 0.1) is 8.07 Å². The lowest BCUT2D eigenvalue weighted by molar-refractivity contribution is 0.337. The van der Waals surface area contributed by atoms with Crippen LogP contribution in [-0.2, 0) is 10.8 Å². The first-order valence-electron chi connectivity index (χ1n) is 8.41. The molecule has 116 valence electrons. The molecule has 3 rings (SSSR count). The molecule has 0 amide bonds. The summed E-state index contributed by atoms with van der Waals surface area (Å²) in [6.45, 7) is 25.2. The first-order valence-corrected chi connectivity index (χ1v) is 10.9. The third-order valence-corrected chi connectivity index (χ3v) is 16.6. The zero-order chi connectivity index (χ0) is 16.2. The molecule has 1 aromatic carbocycles. The van der Waals surface area contributed by atoms with Crippen LogP contribution in [0.25, 0.3) is 0 Å². The van der Waals surface area contributed by atoms with Gasteiger partial charge in [-0.05, 0) is 44.5 Å². The summed E-state index contributed by atoms with van der Waals surface area (Å²) in [7, 11) is -1.65. The van der Waals surface area contributed by atoms with Crippen molar-refractivity contribution in [2.75, 3.05) is 0 Å². The number of aryl methyl sites for hydroxylation is 1. The first kappa shape index (κ1) is 15.3. The predicted octanol–water partition coefficient (Wildman–Crippen LogP) is 5.42. The van der Waals surface area contributed by atoms with E-state index in [1.807, 2.05) is 5.19 Å². The standard InChI is InChI=1S/C20H32Si/c1-13-11-12-14-16-15(13)18(4,5)20(8,9)21(16,10)19(6,7)17(14,2)3/h11-12H,1-10H3. The number of hydrogen-bond donors (Lipinski definition) is 0. The third kappa shape index (κ3) is 1.19. The highest BCUT2D eigenvalue weighted by Crippen LogP contribution is 2.73. The minimum atomic E-state index is -1.65. The second kappa shape index (κ2) is 3.50. The highest BCUT2D eigenvalue weighted by atomic mass is 28.3. The molecule has 0 aliphatic carbocycles. The molecule has 1 atom stereocenters. The Hall–Kier alpha value is -0.563. The summed E-state index contributed by atoms with van der Waals surface area (Å²) in [6, 6.07) is 4.83. The molecule has 0 nitrogen and oxygen atoms in total. The molecule has 2 heterocycles. The Kier molecular flexibility index (Phi) is 2.56. The van der Waals surface area contributed by atoms with E-state index in [1.54, 1.807) is 11.1 Å². The van der Waals surface area contributed by atoms with Crippen molar-refractivity contribution in [3.8, 4) is 0 Å². The van der Waals surface area contributed by atoms with Gasteiger partial charge < -0.3 is 0 Å². The van der Waals surface area contributed by atoms with E-state index in [9.17, 15) is 0 Å². The fraction of sp³-hybridized carbons (Fsp3) is 0.700. The lowest BCUT2D eigenvalue weighted by atomic mass is 9.69. The summed E-state index contributed by atoms with van der Waals surface area (Å²) in [5, 5.41) is 2.57. The van der Waals surface area contributed by atoms with Crippen molar-refractivity contribution in [1.29, 1.82) is 0 Å². The van der Waals surface area contributed by atoms with E-state index < -0.39 is 8.07 Å². The van der Waals surface area contributed by atoms with Crippen molar-refractivity contribution in [2.24, 2.45) is 0 Å². The van der Waals surface area contributed by atoms with Crippen molar-refractivity contribution in [1.82, 2.24) is 0 Å². The maximum absolute atomic E-state index is 2.68. The monoisotopic (exact) mass is 300 g/mol. The molecule has 0 bridgehead atoms. The molecule has 0 spiro atoms. The average Bonchev–Trinajstić information content (AvgIpc) is 2.54. The summed E-state index contributed by atoms with van der Waals surface area (Å²) in [4.78, 5) is 0. The zero-order valence-electron chi connectivity index (χ0n) is 15.7. The Morgan fingerprint density at radius 2 is 1.24 bits per heavy atom. The minimum absolute atomic E-state index is 0.275. The molecular weight excluding hydrogens is 268 g/mol. The lowest BCUT2D eigenvalue weighted by Crippen LogP contribution is -2.58. The van der Waals surface area contributed by atoms with Gasteiger partial charge in [0, 0.05) is 0 Å². The van der Waals surface area contributed by atoms with Crippen LogP contribution in [0.4, 0.5) is 0 Å². The van der Waals surface area contributed by atoms with Gasteiger partial charge in [-0.1, -0.05) is 79.3 Å². The van der Waals surface area contributed by atoms with Gasteiger partial charge in [-0.3, -0.25) is 0 Å². The Labute approximate surface area is 132 Å². The highest BCUT2D eigenvalue weighted by molar-refractivity contribution is 6.98. The van der Waals surface area contributed by atoms with Gasteiger partial charge in [0.2, 0.25) is 0 Å². The molecule has 2 aliphatic heterocycles. The smallest absolute Gasteiger partial charge is 0.0644 e. The Morgan fingerprint density at radius 1 is 0.762 bits per heavy atom. The molecule has 1 unspecified atom stereocenters. The number of rotatable bonds is 0. The summed E-state index contributed by atoms with van der Waals surface area (Å²) >= 11 is 0. The second-order valence-electron chi connectivity index (χ2n) is 9.81. The van der Waals surface area contributed by atoms with Crippen LogP contribution in [0.3, 0.4) is 0 Å². The van der Waals surface area contributed by atoms with Crippen LogP contribution in [0.15, 0.2) is 12.1 Å². The fourth-order valence-corrected chi connectivity index (χ4v) is 13.4. The summed E-state index contributed by atoms with van der Waals surface area (Å²) in [5.41, 5.74) is 5.41. The maximum atomic E-state index is 2.68. The van der Waals surface area contributed by atoms with Crippen molar-refractivity contribution in [3.63, 3.8) is 0 Å². The molecule has 1 aromatic rings. The largest absolute Gasteiger partial charge is 0.0972 e. The van der Waals surface area contributed by atoms with Crippen LogP contribution < -0.4 is 5.19 Å². The SMILES string of the molecule is Cc1ccc2c3c1C(C)(C)C(C)(C)[Si]3(C)C(C)(C)C2(C)C. The normalized spacial score (nSPS) is 33.0. The van der Waals surface area contributed by atoms with Crippen molar-refractivity contribution >= 4 is 13.3 Å². The van der Waals surface area contributed by atoms with Crippen LogP contribution in [0, 0.1) is 6.92 Å². The zero-order valence-corrected chi connectivity index (χ0v) is 16.7. The molecule has 0 aromatic heterocycles. The van der Waals surface area contributed by atoms with E-state index in [-0.39, 0.29) is 10.8 Å². The molecule has 1 heteroatoms. The summed E-state index contributed by atoms with van der Waals surface area (Å²) in [5.74, 6) is 0. The van der Waals surface area contributed by atoms with Gasteiger partial charge >= 0.3 is 0 Å². The van der Waals surface area contributed by atoms with Crippen LogP contribution >= 0.6 is 0 Å². The van der Waals surface area contributed by atoms with Gasteiger partial charge in [-0.2, -0.15) is 0 Å². The topological polar surface area (TPSA) is 0 Å². The molecule has 0 radical (unpaired) electrons. The maximum Gasteiger partial charge on any atom is 0.0972 e. The van der Waals surface area contributed by atoms with Crippen LogP contribution in [0.2, 0.25) is 16.6 Å². The van der Waals surface area contributed by atoms with Crippen molar-refractivity contribution in [3.05, 3.63) is 28.8 Å². The van der Waals surface area contributed by atoms with E-state index in [2.05, 4.69) is 81.0 Å². The molecular formula is C20H32Si. The van der Waals surface area contributed by atoms with Crippen molar-refractivity contribution < 1.29 is 0 Å². The van der Waals surface area contributed by atoms with E-state index >= 15 is 0 Å². The van der Waals surface area contributed by atoms with Gasteiger partial charge in [0.25, 0.3) is 0 Å². The first-order chi connectivity index (χ1) is 9.26. The highest BCUT2D eigenvalue weighted by Gasteiger charge is 2.73. The molecule has 0 saturated heterocycles. The summed E-state index contributed by atoms with van der Waals surface area (Å²) < 4.78 is 0. The van der Waals surface area contributed by atoms with E-state index in [0.29, 0.717) is 10.1 Å². The van der Waals surface area contributed by atoms with Crippen molar-refractivity contribution in [2.45, 2.75) is 89.8 Å². The van der Waals surface area contributed by atoms with Gasteiger partial charge in [0.1, 0.15) is 0 Å². The fourth-order valence-electron chi connectivity index (χ4n) is 5.86. The van der Waals surface area contributed by atoms with E-state index in [0.717, 1.165) is 0 Å². The molecule has 2 aliphatic rings. The Morgan fingerprint density at radius 3 is 1.76 bits per heavy atom. The second-order valence-corrected chi connectivity index (χ2v) is 15.1. The summed E-state index contributed by atoms with van der Waals surface area (Å²) in [6.07, 6.45) is 0. The Balaban J connectivity index is 2.57. The van der Waals surface area contributed by atoms with Gasteiger partial charge in [-0.25, -0.2) is 0 Å². The van der Waals surface area contributed by atoms with E-state index in [4.69, 9.17) is 0 Å². The van der Waals surface area contributed by atoms with Crippen LogP contribution in [-0.4, -0.2) is 8.07 Å². The predicted molar refractivity (Wildman–Crippen MR) is 96.6 cm³/mol. The quantitative estimate of drug-likeness (QED) is 0.561. The van der Waals surface area contributed by atoms with Gasteiger partial charge in [0.15, 0.2) is 0 Å². The molecule has 0 fully saturated rings. The number of benzene rings is 1. The van der Waals surface area contributed by atoms with Gasteiger partial charge in [-0.15, -0.1) is 0 Å². The Bertz CT molecular complexity index is 646. The van der Waals surface area contributed by atoms with Crippen LogP contribution in [0.1, 0.15) is 72.1 Å². The lowest BCUT2D eigenvalue weighted by Gasteiger charge is -2.55. The average molecular weight is 301 g/mol. The molecule has 0 saturated carbocycles. The molecule has 21 heavy (non-hydrogen) atoms. The third-order valence-electron chi connectivity index (χ3n) is 8.84. The minimum Gasteiger partial charge on any atom is -0.0644 e. The van der Waals surface area contributed by atoms with E-state index in [1.165, 1.54) is 5.56 Å². The van der Waals surface area contributed by atoms with Crippen LogP contribution in [0.5, 0.6) is 0 Å². The molecule has 0 N–H and O–H groups in total.